The van der Waals surface area contributed by atoms with Gasteiger partial charge in [-0.1, -0.05) is 18.2 Å². The van der Waals surface area contributed by atoms with Crippen molar-refractivity contribution in [2.45, 2.75) is 33.7 Å². The molecule has 0 saturated heterocycles. The van der Waals surface area contributed by atoms with Crippen LogP contribution in [0, 0.1) is 25.2 Å². The van der Waals surface area contributed by atoms with Gasteiger partial charge in [-0.2, -0.15) is 5.26 Å². The molecule has 0 aliphatic carbocycles. The Balaban J connectivity index is 1.88. The van der Waals surface area contributed by atoms with E-state index in [2.05, 4.69) is 78.8 Å². The third kappa shape index (κ3) is 2.92. The number of hydrogen-bond donors (Lipinski definition) is 1. The van der Waals surface area contributed by atoms with Crippen LogP contribution in [0.3, 0.4) is 0 Å². The Morgan fingerprint density at radius 2 is 1.93 bits per heavy atom. The lowest BCUT2D eigenvalue weighted by molar-refractivity contribution is 0.622. The highest BCUT2D eigenvalue weighted by Gasteiger charge is 2.13. The van der Waals surface area contributed by atoms with E-state index in [0.717, 1.165) is 22.0 Å². The van der Waals surface area contributed by atoms with Crippen molar-refractivity contribution in [2.75, 3.05) is 0 Å². The fourth-order valence-corrected chi connectivity index (χ4v) is 3.48. The minimum atomic E-state index is 0.347. The molecular weight excluding hydrogens is 332 g/mol. The van der Waals surface area contributed by atoms with Gasteiger partial charge in [0.15, 0.2) is 0 Å². The van der Waals surface area contributed by atoms with Gasteiger partial charge in [-0.15, -0.1) is 0 Å². The summed E-state index contributed by atoms with van der Waals surface area (Å²) < 4.78 is 2.24. The number of nitrogens with zero attached hydrogens (tertiary/aromatic N) is 3. The van der Waals surface area contributed by atoms with Gasteiger partial charge >= 0.3 is 0 Å². The number of rotatable bonds is 3. The first-order valence-corrected chi connectivity index (χ1v) is 9.16. The summed E-state index contributed by atoms with van der Waals surface area (Å²) >= 11 is 0. The highest BCUT2D eigenvalue weighted by Crippen LogP contribution is 2.28. The zero-order valence-corrected chi connectivity index (χ0v) is 16.0. The number of para-hydroxylation sites is 1. The number of benzene rings is 2. The van der Waals surface area contributed by atoms with Gasteiger partial charge in [0.2, 0.25) is 0 Å². The lowest BCUT2D eigenvalue weighted by Crippen LogP contribution is -1.97. The van der Waals surface area contributed by atoms with Crippen LogP contribution in [0.1, 0.15) is 42.4 Å². The molecule has 1 N–H and O–H groups in total. The highest BCUT2D eigenvalue weighted by molar-refractivity contribution is 5.98. The molecular formula is C23H22N4. The monoisotopic (exact) mass is 354 g/mol. The fourth-order valence-electron chi connectivity index (χ4n) is 3.48. The number of hydrogen-bond acceptors (Lipinski definition) is 2. The number of fused-ring (bicyclic) bond motifs is 2. The van der Waals surface area contributed by atoms with Gasteiger partial charge in [-0.25, -0.2) is 4.98 Å². The van der Waals surface area contributed by atoms with Gasteiger partial charge < -0.3 is 9.55 Å². The second-order valence-electron chi connectivity index (χ2n) is 7.31. The molecule has 0 fully saturated rings. The van der Waals surface area contributed by atoms with E-state index in [1.807, 2.05) is 18.2 Å². The molecule has 2 aromatic carbocycles. The highest BCUT2D eigenvalue weighted by atomic mass is 15.0. The summed E-state index contributed by atoms with van der Waals surface area (Å²) in [5.41, 5.74) is 6.99. The van der Waals surface area contributed by atoms with E-state index in [1.54, 1.807) is 0 Å². The Morgan fingerprint density at radius 3 is 2.67 bits per heavy atom. The number of aromatic amines is 1. The van der Waals surface area contributed by atoms with E-state index >= 15 is 0 Å². The molecule has 0 unspecified atom stereocenters. The van der Waals surface area contributed by atoms with Crippen molar-refractivity contribution in [1.82, 2.24) is 14.5 Å². The van der Waals surface area contributed by atoms with E-state index in [4.69, 9.17) is 0 Å². The predicted octanol–water partition coefficient (Wildman–Crippen LogP) is 5.78. The minimum Gasteiger partial charge on any atom is -0.344 e. The molecule has 0 radical (unpaired) electrons. The maximum atomic E-state index is 9.78. The topological polar surface area (TPSA) is 57.4 Å². The van der Waals surface area contributed by atoms with Gasteiger partial charge in [0.1, 0.15) is 11.9 Å². The summed E-state index contributed by atoms with van der Waals surface area (Å²) in [5, 5.41) is 10.9. The molecule has 0 atom stereocenters. The molecule has 2 heterocycles. The van der Waals surface area contributed by atoms with Crippen LogP contribution in [0.2, 0.25) is 0 Å². The molecule has 0 aliphatic rings. The van der Waals surface area contributed by atoms with Gasteiger partial charge in [-0.3, -0.25) is 0 Å². The van der Waals surface area contributed by atoms with Crippen LogP contribution in [0.15, 0.2) is 42.6 Å². The van der Waals surface area contributed by atoms with Gasteiger partial charge in [0, 0.05) is 28.7 Å². The van der Waals surface area contributed by atoms with Crippen LogP contribution in [0.4, 0.5) is 0 Å². The standard InChI is InChI=1S/C23H22N4/c1-14(2)27-13-18(19-7-5-6-8-22(19)27)11-17(12-24)23-25-20-9-15(3)16(4)10-21(20)26-23/h5-11,13-14H,1-4H3,(H,25,26). The Kier molecular flexibility index (Phi) is 4.08. The van der Waals surface area contributed by atoms with E-state index < -0.39 is 0 Å². The van der Waals surface area contributed by atoms with Crippen LogP contribution >= 0.6 is 0 Å². The summed E-state index contributed by atoms with van der Waals surface area (Å²) in [6.45, 7) is 8.48. The molecule has 0 saturated carbocycles. The number of H-pyrrole nitrogens is 1. The maximum Gasteiger partial charge on any atom is 0.149 e. The van der Waals surface area contributed by atoms with Gasteiger partial charge in [0.25, 0.3) is 0 Å². The summed E-state index contributed by atoms with van der Waals surface area (Å²) in [6, 6.07) is 15.1. The molecule has 0 bridgehead atoms. The second kappa shape index (κ2) is 6.44. The van der Waals surface area contributed by atoms with Crippen molar-refractivity contribution >= 4 is 33.6 Å². The van der Waals surface area contributed by atoms with Gasteiger partial charge in [0.05, 0.1) is 16.6 Å². The van der Waals surface area contributed by atoms with Crippen molar-refractivity contribution in [1.29, 1.82) is 5.26 Å². The van der Waals surface area contributed by atoms with E-state index in [9.17, 15) is 5.26 Å². The zero-order valence-electron chi connectivity index (χ0n) is 16.0. The van der Waals surface area contributed by atoms with Gasteiger partial charge in [-0.05, 0) is 63.1 Å². The third-order valence-electron chi connectivity index (χ3n) is 5.10. The van der Waals surface area contributed by atoms with Crippen molar-refractivity contribution < 1.29 is 0 Å². The fraction of sp³-hybridized carbons (Fsp3) is 0.217. The Labute approximate surface area is 158 Å². The molecule has 4 nitrogen and oxygen atoms in total. The zero-order chi connectivity index (χ0) is 19.1. The number of aryl methyl sites for hydroxylation is 2. The molecule has 0 spiro atoms. The summed E-state index contributed by atoms with van der Waals surface area (Å²) in [4.78, 5) is 7.95. The molecule has 0 amide bonds. The van der Waals surface area contributed by atoms with E-state index in [1.165, 1.54) is 16.6 Å². The molecule has 4 heteroatoms. The molecule has 0 aliphatic heterocycles. The summed E-state index contributed by atoms with van der Waals surface area (Å²) in [5.74, 6) is 0.610. The average molecular weight is 354 g/mol. The van der Waals surface area contributed by atoms with Crippen molar-refractivity contribution in [3.63, 3.8) is 0 Å². The number of nitriles is 1. The van der Waals surface area contributed by atoms with Crippen molar-refractivity contribution in [3.05, 3.63) is 65.1 Å². The second-order valence-corrected chi connectivity index (χ2v) is 7.31. The Morgan fingerprint density at radius 1 is 1.19 bits per heavy atom. The first kappa shape index (κ1) is 17.1. The predicted molar refractivity (Wildman–Crippen MR) is 111 cm³/mol. The normalized spacial score (nSPS) is 12.2. The average Bonchev–Trinajstić information content (AvgIpc) is 3.21. The molecule has 27 heavy (non-hydrogen) atoms. The quantitative estimate of drug-likeness (QED) is 0.474. The molecule has 134 valence electrons. The SMILES string of the molecule is Cc1cc2nc(C(C#N)=Cc3cn(C(C)C)c4ccccc34)[nH]c2cc1C. The molecule has 2 aromatic heterocycles. The summed E-state index contributed by atoms with van der Waals surface area (Å²) in [7, 11) is 0. The number of aromatic nitrogens is 3. The Bertz CT molecular complexity index is 1190. The first-order chi connectivity index (χ1) is 13.0. The van der Waals surface area contributed by atoms with Crippen LogP contribution in [0.5, 0.6) is 0 Å². The largest absolute Gasteiger partial charge is 0.344 e. The lowest BCUT2D eigenvalue weighted by Gasteiger charge is -2.08. The van der Waals surface area contributed by atoms with Crippen LogP contribution in [0.25, 0.3) is 33.6 Å². The van der Waals surface area contributed by atoms with Crippen LogP contribution in [-0.4, -0.2) is 14.5 Å². The lowest BCUT2D eigenvalue weighted by atomic mass is 10.1. The minimum absolute atomic E-state index is 0.347. The van der Waals surface area contributed by atoms with Crippen LogP contribution < -0.4 is 0 Å². The summed E-state index contributed by atoms with van der Waals surface area (Å²) in [6.07, 6.45) is 4.04. The van der Waals surface area contributed by atoms with Crippen LogP contribution in [-0.2, 0) is 0 Å². The number of nitrogens with one attached hydrogen (secondary N) is 1. The maximum absolute atomic E-state index is 9.78. The number of allylic oxidation sites excluding steroid dienone is 1. The Hall–Kier alpha value is -3.32. The smallest absolute Gasteiger partial charge is 0.149 e. The van der Waals surface area contributed by atoms with E-state index in [0.29, 0.717) is 17.4 Å². The third-order valence-corrected chi connectivity index (χ3v) is 5.10. The van der Waals surface area contributed by atoms with E-state index in [-0.39, 0.29) is 0 Å². The van der Waals surface area contributed by atoms with Crippen molar-refractivity contribution in [3.8, 4) is 6.07 Å². The molecule has 4 aromatic rings. The molecule has 4 rings (SSSR count). The van der Waals surface area contributed by atoms with Crippen molar-refractivity contribution in [2.24, 2.45) is 0 Å². The first-order valence-electron chi connectivity index (χ1n) is 9.16. The number of imidazole rings is 1.